The first kappa shape index (κ1) is 12.1. The first-order valence-corrected chi connectivity index (χ1v) is 7.57. The van der Waals surface area contributed by atoms with Crippen molar-refractivity contribution in [1.29, 1.82) is 0 Å². The number of pyridine rings is 1. The SMILES string of the molecule is Cc1nc2ccccc2cc1C1N2CN3CN(C2)CN1C3. The summed E-state index contributed by atoms with van der Waals surface area (Å²) < 4.78 is 0. The summed E-state index contributed by atoms with van der Waals surface area (Å²) in [6.45, 7) is 7.56. The number of hydrogen-bond acceptors (Lipinski definition) is 5. The third kappa shape index (κ3) is 1.75. The molecule has 6 rings (SSSR count). The van der Waals surface area contributed by atoms with Gasteiger partial charge in [0.05, 0.1) is 45.0 Å². The van der Waals surface area contributed by atoms with Crippen LogP contribution in [-0.4, -0.2) is 57.9 Å². The topological polar surface area (TPSA) is 25.9 Å². The summed E-state index contributed by atoms with van der Waals surface area (Å²) in [5.41, 5.74) is 3.63. The highest BCUT2D eigenvalue weighted by Gasteiger charge is 2.44. The average Bonchev–Trinajstić information content (AvgIpc) is 2.46. The second kappa shape index (κ2) is 4.24. The highest BCUT2D eigenvalue weighted by Crippen LogP contribution is 2.37. The van der Waals surface area contributed by atoms with Crippen LogP contribution in [0.2, 0.25) is 0 Å². The molecule has 4 bridgehead atoms. The molecule has 5 heterocycles. The Balaban J connectivity index is 1.62. The molecular formula is C16H19N5. The van der Waals surface area contributed by atoms with Gasteiger partial charge in [-0.1, -0.05) is 18.2 Å². The summed E-state index contributed by atoms with van der Waals surface area (Å²) in [7, 11) is 0. The molecule has 2 aromatic rings. The van der Waals surface area contributed by atoms with Gasteiger partial charge in [-0.3, -0.25) is 24.6 Å². The van der Waals surface area contributed by atoms with Crippen LogP contribution in [0.4, 0.5) is 0 Å². The van der Waals surface area contributed by atoms with Crippen molar-refractivity contribution in [2.75, 3.05) is 33.3 Å². The van der Waals surface area contributed by atoms with Gasteiger partial charge in [-0.25, -0.2) is 0 Å². The van der Waals surface area contributed by atoms with Gasteiger partial charge in [0.25, 0.3) is 0 Å². The Bertz CT molecular complexity index is 685. The number of aromatic nitrogens is 1. The van der Waals surface area contributed by atoms with E-state index in [4.69, 9.17) is 4.98 Å². The van der Waals surface area contributed by atoms with Gasteiger partial charge in [-0.2, -0.15) is 0 Å². The summed E-state index contributed by atoms with van der Waals surface area (Å²) in [4.78, 5) is 14.9. The van der Waals surface area contributed by atoms with Crippen molar-refractivity contribution in [3.05, 3.63) is 41.6 Å². The smallest absolute Gasteiger partial charge is 0.0945 e. The van der Waals surface area contributed by atoms with Crippen LogP contribution in [-0.2, 0) is 0 Å². The van der Waals surface area contributed by atoms with E-state index in [1.165, 1.54) is 10.9 Å². The maximum Gasteiger partial charge on any atom is 0.0945 e. The van der Waals surface area contributed by atoms with E-state index in [-0.39, 0.29) is 0 Å². The van der Waals surface area contributed by atoms with E-state index in [0.717, 1.165) is 44.6 Å². The Morgan fingerprint density at radius 1 is 0.952 bits per heavy atom. The van der Waals surface area contributed by atoms with Crippen molar-refractivity contribution >= 4 is 10.9 Å². The molecule has 0 spiro atoms. The fraction of sp³-hybridized carbons (Fsp3) is 0.438. The molecule has 0 atom stereocenters. The summed E-state index contributed by atoms with van der Waals surface area (Å²) >= 11 is 0. The molecule has 4 aliphatic heterocycles. The summed E-state index contributed by atoms with van der Waals surface area (Å²) in [5.74, 6) is 0. The Labute approximate surface area is 124 Å². The number of nitrogens with zero attached hydrogens (tertiary/aromatic N) is 5. The Morgan fingerprint density at radius 2 is 1.62 bits per heavy atom. The number of fused-ring (bicyclic) bond motifs is 1. The Morgan fingerprint density at radius 3 is 2.33 bits per heavy atom. The quantitative estimate of drug-likeness (QED) is 0.790. The zero-order valence-corrected chi connectivity index (χ0v) is 12.2. The first-order valence-electron chi connectivity index (χ1n) is 7.57. The minimum atomic E-state index is 0.384. The van der Waals surface area contributed by atoms with Crippen LogP contribution in [0, 0.1) is 6.92 Å². The third-order valence-electron chi connectivity index (χ3n) is 4.85. The molecular weight excluding hydrogens is 262 g/mol. The molecule has 108 valence electrons. The molecule has 0 N–H and O–H groups in total. The van der Waals surface area contributed by atoms with Gasteiger partial charge in [-0.05, 0) is 19.1 Å². The molecule has 4 fully saturated rings. The predicted octanol–water partition coefficient (Wildman–Crippen LogP) is 1.58. The highest BCUT2D eigenvalue weighted by molar-refractivity contribution is 5.79. The zero-order valence-electron chi connectivity index (χ0n) is 12.2. The number of hydrogen-bond donors (Lipinski definition) is 0. The summed E-state index contributed by atoms with van der Waals surface area (Å²) in [5, 5.41) is 1.25. The lowest BCUT2D eigenvalue weighted by molar-refractivity contribution is -0.233. The van der Waals surface area contributed by atoms with Crippen molar-refractivity contribution in [1.82, 2.24) is 24.6 Å². The molecule has 1 aromatic carbocycles. The average molecular weight is 281 g/mol. The fourth-order valence-corrected chi connectivity index (χ4v) is 4.09. The van der Waals surface area contributed by atoms with Gasteiger partial charge in [-0.15, -0.1) is 0 Å². The van der Waals surface area contributed by atoms with Gasteiger partial charge in [0.1, 0.15) is 0 Å². The van der Waals surface area contributed by atoms with Crippen molar-refractivity contribution in [2.45, 2.75) is 13.1 Å². The van der Waals surface area contributed by atoms with Gasteiger partial charge in [0, 0.05) is 16.6 Å². The van der Waals surface area contributed by atoms with Gasteiger partial charge >= 0.3 is 0 Å². The van der Waals surface area contributed by atoms with Crippen LogP contribution in [0.1, 0.15) is 17.4 Å². The van der Waals surface area contributed by atoms with Crippen LogP contribution in [0.25, 0.3) is 10.9 Å². The minimum Gasteiger partial charge on any atom is -0.264 e. The number of benzene rings is 1. The van der Waals surface area contributed by atoms with Crippen molar-refractivity contribution in [3.8, 4) is 0 Å². The lowest BCUT2D eigenvalue weighted by atomic mass is 10.0. The molecule has 0 amide bonds. The monoisotopic (exact) mass is 281 g/mol. The minimum absolute atomic E-state index is 0.384. The standard InChI is InChI=1S/C16H19N5/c1-12-14(6-13-4-2-3-5-15(13)17-12)16-20-8-18-7-19(10-20)11-21(16)9-18/h2-6,16H,7-11H2,1H3. The molecule has 0 saturated carbocycles. The second-order valence-corrected chi connectivity index (χ2v) is 6.46. The molecule has 1 aromatic heterocycles. The van der Waals surface area contributed by atoms with Crippen LogP contribution in [0.5, 0.6) is 0 Å². The van der Waals surface area contributed by atoms with E-state index in [9.17, 15) is 0 Å². The summed E-state index contributed by atoms with van der Waals surface area (Å²) in [6.07, 6.45) is 0.384. The Hall–Kier alpha value is -1.53. The normalized spacial score (nSPS) is 37.3. The predicted molar refractivity (Wildman–Crippen MR) is 80.9 cm³/mol. The van der Waals surface area contributed by atoms with Crippen LogP contribution in [0.3, 0.4) is 0 Å². The maximum absolute atomic E-state index is 4.83. The van der Waals surface area contributed by atoms with Gasteiger partial charge in [0.2, 0.25) is 0 Å². The highest BCUT2D eigenvalue weighted by atomic mass is 15.7. The molecule has 5 nitrogen and oxygen atoms in total. The van der Waals surface area contributed by atoms with E-state index >= 15 is 0 Å². The Kier molecular flexibility index (Phi) is 2.43. The molecule has 21 heavy (non-hydrogen) atoms. The molecule has 0 aliphatic carbocycles. The summed E-state index contributed by atoms with van der Waals surface area (Å²) in [6, 6.07) is 10.8. The zero-order chi connectivity index (χ0) is 14.0. The van der Waals surface area contributed by atoms with Crippen LogP contribution >= 0.6 is 0 Å². The largest absolute Gasteiger partial charge is 0.264 e. The van der Waals surface area contributed by atoms with Crippen LogP contribution < -0.4 is 0 Å². The molecule has 0 radical (unpaired) electrons. The van der Waals surface area contributed by atoms with E-state index in [2.05, 4.69) is 56.9 Å². The number of aryl methyl sites for hydroxylation is 1. The third-order valence-corrected chi connectivity index (χ3v) is 4.85. The van der Waals surface area contributed by atoms with Gasteiger partial charge < -0.3 is 0 Å². The van der Waals surface area contributed by atoms with Crippen molar-refractivity contribution in [3.63, 3.8) is 0 Å². The molecule has 5 heteroatoms. The van der Waals surface area contributed by atoms with E-state index in [0.29, 0.717) is 6.17 Å². The lowest BCUT2D eigenvalue weighted by Crippen LogP contribution is -2.72. The number of para-hydroxylation sites is 1. The molecule has 4 aliphatic rings. The van der Waals surface area contributed by atoms with E-state index in [1.807, 2.05) is 0 Å². The molecule has 4 saturated heterocycles. The van der Waals surface area contributed by atoms with E-state index < -0.39 is 0 Å². The van der Waals surface area contributed by atoms with Crippen molar-refractivity contribution < 1.29 is 0 Å². The maximum atomic E-state index is 4.83. The van der Waals surface area contributed by atoms with Crippen molar-refractivity contribution in [2.24, 2.45) is 0 Å². The van der Waals surface area contributed by atoms with Crippen LogP contribution in [0.15, 0.2) is 30.3 Å². The molecule has 0 unspecified atom stereocenters. The second-order valence-electron chi connectivity index (χ2n) is 6.46. The van der Waals surface area contributed by atoms with Gasteiger partial charge in [0.15, 0.2) is 0 Å². The van der Waals surface area contributed by atoms with E-state index in [1.54, 1.807) is 0 Å². The number of rotatable bonds is 1. The fourth-order valence-electron chi connectivity index (χ4n) is 4.09. The lowest BCUT2D eigenvalue weighted by Gasteiger charge is -2.60. The first-order chi connectivity index (χ1) is 10.3.